The molecule has 5 heteroatoms. The van der Waals surface area contributed by atoms with Crippen molar-refractivity contribution in [2.45, 2.75) is 18.9 Å². The molecular weight excluding hydrogens is 240 g/mol. The smallest absolute Gasteiger partial charge is 0.250 e. The Balaban J connectivity index is 2.28. The first-order valence-electron chi connectivity index (χ1n) is 6.60. The summed E-state index contributed by atoms with van der Waals surface area (Å²) in [6.07, 6.45) is 2.14. The summed E-state index contributed by atoms with van der Waals surface area (Å²) >= 11 is 0. The Hall–Kier alpha value is -1.75. The average molecular weight is 262 g/mol. The van der Waals surface area contributed by atoms with Crippen LogP contribution in [0.5, 0.6) is 0 Å². The normalized spacial score (nSPS) is 17.4. The molecule has 0 aliphatic carbocycles. The largest absolute Gasteiger partial charge is 0.397 e. The van der Waals surface area contributed by atoms with E-state index in [1.807, 2.05) is 13.1 Å². The summed E-state index contributed by atoms with van der Waals surface area (Å²) in [5.74, 6) is -0.429. The highest BCUT2D eigenvalue weighted by Crippen LogP contribution is 2.30. The molecule has 0 atom stereocenters. The maximum absolute atomic E-state index is 11.5. The number of nitrogens with zero attached hydrogens (tertiary/aromatic N) is 2. The molecule has 1 amide bonds. The zero-order valence-electron chi connectivity index (χ0n) is 11.6. The quantitative estimate of drug-likeness (QED) is 0.794. The molecule has 1 heterocycles. The first-order valence-corrected chi connectivity index (χ1v) is 6.60. The van der Waals surface area contributed by atoms with E-state index >= 15 is 0 Å². The maximum Gasteiger partial charge on any atom is 0.250 e. The predicted molar refractivity (Wildman–Crippen MR) is 78.3 cm³/mol. The SMILES string of the molecule is CN1CCC(N(C)c2c(N)cccc2C(N)=O)CC1. The van der Waals surface area contributed by atoms with Crippen LogP contribution >= 0.6 is 0 Å². The third-order valence-electron chi connectivity index (χ3n) is 3.92. The van der Waals surface area contributed by atoms with Crippen molar-refractivity contribution in [3.05, 3.63) is 23.8 Å². The number of carbonyl (C=O) groups is 1. The molecule has 2 rings (SSSR count). The molecule has 5 nitrogen and oxygen atoms in total. The number of benzene rings is 1. The van der Waals surface area contributed by atoms with Gasteiger partial charge in [-0.1, -0.05) is 6.07 Å². The van der Waals surface area contributed by atoms with E-state index in [4.69, 9.17) is 11.5 Å². The molecule has 0 saturated carbocycles. The van der Waals surface area contributed by atoms with E-state index in [1.165, 1.54) is 0 Å². The van der Waals surface area contributed by atoms with Crippen molar-refractivity contribution in [2.24, 2.45) is 5.73 Å². The number of nitrogens with two attached hydrogens (primary N) is 2. The first-order chi connectivity index (χ1) is 9.00. The highest BCUT2D eigenvalue weighted by atomic mass is 16.1. The molecule has 0 radical (unpaired) electrons. The lowest BCUT2D eigenvalue weighted by Gasteiger charge is -2.37. The van der Waals surface area contributed by atoms with Crippen LogP contribution < -0.4 is 16.4 Å². The number of primary amides is 1. The van der Waals surface area contributed by atoms with Crippen LogP contribution in [-0.2, 0) is 0 Å². The minimum absolute atomic E-state index is 0.402. The van der Waals surface area contributed by atoms with Crippen LogP contribution in [0.2, 0.25) is 0 Å². The van der Waals surface area contributed by atoms with Gasteiger partial charge in [-0.25, -0.2) is 0 Å². The van der Waals surface area contributed by atoms with Gasteiger partial charge in [0.1, 0.15) is 0 Å². The number of carbonyl (C=O) groups excluding carboxylic acids is 1. The molecule has 1 aliphatic heterocycles. The van der Waals surface area contributed by atoms with Gasteiger partial charge in [0.05, 0.1) is 16.9 Å². The van der Waals surface area contributed by atoms with E-state index in [9.17, 15) is 4.79 Å². The molecule has 1 aliphatic rings. The Kier molecular flexibility index (Phi) is 3.95. The van der Waals surface area contributed by atoms with Gasteiger partial charge in [0.2, 0.25) is 0 Å². The maximum atomic E-state index is 11.5. The number of nitrogen functional groups attached to an aromatic ring is 1. The van der Waals surface area contributed by atoms with Gasteiger partial charge in [-0.05, 0) is 45.1 Å². The average Bonchev–Trinajstić information content (AvgIpc) is 2.38. The lowest BCUT2D eigenvalue weighted by Crippen LogP contribution is -2.42. The molecule has 4 N–H and O–H groups in total. The van der Waals surface area contributed by atoms with Gasteiger partial charge in [-0.15, -0.1) is 0 Å². The fourth-order valence-electron chi connectivity index (χ4n) is 2.72. The first kappa shape index (κ1) is 13.7. The van der Waals surface area contributed by atoms with E-state index in [0.717, 1.165) is 31.6 Å². The fourth-order valence-corrected chi connectivity index (χ4v) is 2.72. The van der Waals surface area contributed by atoms with Gasteiger partial charge >= 0.3 is 0 Å². The Bertz CT molecular complexity index is 467. The molecule has 1 fully saturated rings. The van der Waals surface area contributed by atoms with Crippen molar-refractivity contribution in [2.75, 3.05) is 37.8 Å². The highest BCUT2D eigenvalue weighted by Gasteiger charge is 2.24. The van der Waals surface area contributed by atoms with Gasteiger partial charge in [0.15, 0.2) is 0 Å². The van der Waals surface area contributed by atoms with E-state index in [1.54, 1.807) is 12.1 Å². The monoisotopic (exact) mass is 262 g/mol. The van der Waals surface area contributed by atoms with Crippen LogP contribution in [0.1, 0.15) is 23.2 Å². The second kappa shape index (κ2) is 5.48. The van der Waals surface area contributed by atoms with E-state index in [-0.39, 0.29) is 0 Å². The third-order valence-corrected chi connectivity index (χ3v) is 3.92. The van der Waals surface area contributed by atoms with Crippen molar-refractivity contribution >= 4 is 17.3 Å². The number of anilines is 2. The van der Waals surface area contributed by atoms with Crippen LogP contribution in [0.3, 0.4) is 0 Å². The summed E-state index contributed by atoms with van der Waals surface area (Å²) in [6, 6.07) is 5.72. The van der Waals surface area contributed by atoms with Gasteiger partial charge in [0.25, 0.3) is 5.91 Å². The number of hydrogen-bond donors (Lipinski definition) is 2. The Labute approximate surface area is 114 Å². The topological polar surface area (TPSA) is 75.6 Å². The van der Waals surface area contributed by atoms with E-state index in [2.05, 4.69) is 16.8 Å². The number of rotatable bonds is 3. The second-order valence-corrected chi connectivity index (χ2v) is 5.25. The summed E-state index contributed by atoms with van der Waals surface area (Å²) in [5, 5.41) is 0. The summed E-state index contributed by atoms with van der Waals surface area (Å²) in [5.41, 5.74) is 13.4. The van der Waals surface area contributed by atoms with Crippen molar-refractivity contribution in [1.82, 2.24) is 4.90 Å². The van der Waals surface area contributed by atoms with Crippen LogP contribution in [0, 0.1) is 0 Å². The Morgan fingerprint density at radius 3 is 2.58 bits per heavy atom. The minimum Gasteiger partial charge on any atom is -0.397 e. The molecule has 104 valence electrons. The molecule has 1 saturated heterocycles. The van der Waals surface area contributed by atoms with Gasteiger partial charge in [-0.3, -0.25) is 4.79 Å². The van der Waals surface area contributed by atoms with Gasteiger partial charge in [0, 0.05) is 13.1 Å². The molecule has 1 aromatic carbocycles. The molecule has 0 bridgehead atoms. The third kappa shape index (κ3) is 2.81. The second-order valence-electron chi connectivity index (χ2n) is 5.25. The molecule has 19 heavy (non-hydrogen) atoms. The lowest BCUT2D eigenvalue weighted by atomic mass is 10.0. The molecular formula is C14H22N4O. The van der Waals surface area contributed by atoms with Crippen molar-refractivity contribution in [1.29, 1.82) is 0 Å². The number of likely N-dealkylation sites (tertiary alicyclic amines) is 1. The number of hydrogen-bond acceptors (Lipinski definition) is 4. The van der Waals surface area contributed by atoms with E-state index < -0.39 is 5.91 Å². The zero-order chi connectivity index (χ0) is 14.0. The van der Waals surface area contributed by atoms with Crippen molar-refractivity contribution in [3.8, 4) is 0 Å². The van der Waals surface area contributed by atoms with Gasteiger partial charge in [-0.2, -0.15) is 0 Å². The van der Waals surface area contributed by atoms with Crippen LogP contribution in [0.25, 0.3) is 0 Å². The summed E-state index contributed by atoms with van der Waals surface area (Å²) in [6.45, 7) is 2.13. The Morgan fingerprint density at radius 2 is 2.00 bits per heavy atom. The summed E-state index contributed by atoms with van der Waals surface area (Å²) in [7, 11) is 4.12. The standard InChI is InChI=1S/C14H22N4O/c1-17-8-6-10(7-9-17)18(2)13-11(14(16)19)4-3-5-12(13)15/h3-5,10H,6-9,15H2,1-2H3,(H2,16,19). The molecule has 0 aromatic heterocycles. The van der Waals surface area contributed by atoms with Gasteiger partial charge < -0.3 is 21.3 Å². The lowest BCUT2D eigenvalue weighted by molar-refractivity contribution is 0.100. The summed E-state index contributed by atoms with van der Waals surface area (Å²) < 4.78 is 0. The molecule has 0 unspecified atom stereocenters. The Morgan fingerprint density at radius 1 is 1.37 bits per heavy atom. The number of piperidine rings is 1. The van der Waals surface area contributed by atoms with Crippen LogP contribution in [0.4, 0.5) is 11.4 Å². The number of amides is 1. The summed E-state index contributed by atoms with van der Waals surface area (Å²) in [4.78, 5) is 16.0. The van der Waals surface area contributed by atoms with Crippen molar-refractivity contribution in [3.63, 3.8) is 0 Å². The van der Waals surface area contributed by atoms with Crippen LogP contribution in [0.15, 0.2) is 18.2 Å². The predicted octanol–water partition coefficient (Wildman–Crippen LogP) is 0.898. The van der Waals surface area contributed by atoms with Crippen LogP contribution in [-0.4, -0.2) is 44.0 Å². The van der Waals surface area contributed by atoms with Crippen molar-refractivity contribution < 1.29 is 4.79 Å². The zero-order valence-corrected chi connectivity index (χ0v) is 11.6. The van der Waals surface area contributed by atoms with E-state index in [0.29, 0.717) is 17.3 Å². The molecule has 0 spiro atoms. The fraction of sp³-hybridized carbons (Fsp3) is 0.500. The highest BCUT2D eigenvalue weighted by molar-refractivity contribution is 6.01. The molecule has 1 aromatic rings. The number of para-hydroxylation sites is 1. The minimum atomic E-state index is -0.429.